The predicted molar refractivity (Wildman–Crippen MR) is 84.5 cm³/mol. The van der Waals surface area contributed by atoms with Crippen LogP contribution >= 0.6 is 11.6 Å². The van der Waals surface area contributed by atoms with E-state index in [0.29, 0.717) is 10.6 Å². The summed E-state index contributed by atoms with van der Waals surface area (Å²) in [5.41, 5.74) is -0.263. The molecule has 1 atom stereocenters. The van der Waals surface area contributed by atoms with Crippen LogP contribution in [0.15, 0.2) is 35.3 Å². The van der Waals surface area contributed by atoms with Crippen molar-refractivity contribution in [3.05, 3.63) is 51.4 Å². The topological polar surface area (TPSA) is 112 Å². The molecule has 1 unspecified atom stereocenters. The summed E-state index contributed by atoms with van der Waals surface area (Å²) in [6, 6.07) is 5.60. The van der Waals surface area contributed by atoms with Gasteiger partial charge < -0.3 is 15.4 Å². The van der Waals surface area contributed by atoms with Crippen molar-refractivity contribution in [2.75, 3.05) is 0 Å². The van der Waals surface area contributed by atoms with Crippen molar-refractivity contribution in [3.8, 4) is 11.4 Å². The number of carbonyl (C=O) groups excluding carboxylic acids is 1. The lowest BCUT2D eigenvalue weighted by atomic mass is 10.2. The largest absolute Gasteiger partial charge is 0.480 e. The van der Waals surface area contributed by atoms with Crippen LogP contribution in [0.1, 0.15) is 23.7 Å². The van der Waals surface area contributed by atoms with E-state index in [1.165, 1.54) is 0 Å². The maximum Gasteiger partial charge on any atom is 0.326 e. The molecule has 0 saturated heterocycles. The van der Waals surface area contributed by atoms with Gasteiger partial charge in [-0.3, -0.25) is 9.59 Å². The maximum absolute atomic E-state index is 12.0. The highest BCUT2D eigenvalue weighted by Gasteiger charge is 2.20. The summed E-state index contributed by atoms with van der Waals surface area (Å²) in [4.78, 5) is 41.5. The zero-order chi connectivity index (χ0) is 17.0. The number of hydrogen-bond donors (Lipinski definition) is 3. The van der Waals surface area contributed by atoms with Crippen LogP contribution in [0.5, 0.6) is 0 Å². The number of aliphatic carboxylic acids is 1. The standard InChI is InChI=1S/C15H14ClN3O4/c1-2-11(15(22)23)18-13(20)10-7-17-12(19-14(10)21)8-3-5-9(16)6-4-8/h3-7,11H,2H2,1H3,(H,18,20)(H,22,23)(H,17,19,21). The van der Waals surface area contributed by atoms with Gasteiger partial charge in [-0.2, -0.15) is 0 Å². The van der Waals surface area contributed by atoms with E-state index in [2.05, 4.69) is 15.3 Å². The van der Waals surface area contributed by atoms with Gasteiger partial charge in [0.05, 0.1) is 0 Å². The Hall–Kier alpha value is -2.67. The third-order valence-electron chi connectivity index (χ3n) is 3.17. The van der Waals surface area contributed by atoms with E-state index in [1.54, 1.807) is 31.2 Å². The van der Waals surface area contributed by atoms with Gasteiger partial charge in [0.2, 0.25) is 0 Å². The summed E-state index contributed by atoms with van der Waals surface area (Å²) in [7, 11) is 0. The van der Waals surface area contributed by atoms with E-state index >= 15 is 0 Å². The number of halogens is 1. The number of rotatable bonds is 5. The predicted octanol–water partition coefficient (Wildman–Crippen LogP) is 1.68. The van der Waals surface area contributed by atoms with Crippen molar-refractivity contribution in [3.63, 3.8) is 0 Å². The number of benzene rings is 1. The molecule has 1 aromatic heterocycles. The molecular formula is C15H14ClN3O4. The van der Waals surface area contributed by atoms with Crippen molar-refractivity contribution in [1.82, 2.24) is 15.3 Å². The molecule has 0 fully saturated rings. The molecule has 0 spiro atoms. The number of H-pyrrole nitrogens is 1. The summed E-state index contributed by atoms with van der Waals surface area (Å²) < 4.78 is 0. The molecule has 23 heavy (non-hydrogen) atoms. The molecule has 8 heteroatoms. The summed E-state index contributed by atoms with van der Waals surface area (Å²) in [6.45, 7) is 1.62. The maximum atomic E-state index is 12.0. The molecule has 1 amide bonds. The molecule has 120 valence electrons. The Morgan fingerprint density at radius 3 is 2.52 bits per heavy atom. The van der Waals surface area contributed by atoms with Gasteiger partial charge in [0.25, 0.3) is 11.5 Å². The normalized spacial score (nSPS) is 11.7. The highest BCUT2D eigenvalue weighted by atomic mass is 35.5. The first-order valence-electron chi connectivity index (χ1n) is 6.81. The summed E-state index contributed by atoms with van der Waals surface area (Å²) in [5, 5.41) is 11.7. The van der Waals surface area contributed by atoms with Gasteiger partial charge >= 0.3 is 5.97 Å². The molecule has 0 saturated carbocycles. The number of carbonyl (C=O) groups is 2. The molecule has 0 aliphatic heterocycles. The van der Waals surface area contributed by atoms with Crippen molar-refractivity contribution < 1.29 is 14.7 Å². The minimum absolute atomic E-state index is 0.204. The van der Waals surface area contributed by atoms with Crippen LogP contribution in [0.2, 0.25) is 5.02 Å². The number of carboxylic acids is 1. The molecule has 0 radical (unpaired) electrons. The molecule has 0 aliphatic rings. The minimum Gasteiger partial charge on any atom is -0.480 e. The monoisotopic (exact) mass is 335 g/mol. The van der Waals surface area contributed by atoms with E-state index in [0.717, 1.165) is 6.20 Å². The average molecular weight is 336 g/mol. The SMILES string of the molecule is CCC(NC(=O)c1cnc(-c2ccc(Cl)cc2)[nH]c1=O)C(=O)O. The zero-order valence-electron chi connectivity index (χ0n) is 12.2. The lowest BCUT2D eigenvalue weighted by molar-refractivity contribution is -0.139. The summed E-state index contributed by atoms with van der Waals surface area (Å²) in [5.74, 6) is -1.66. The van der Waals surface area contributed by atoms with Crippen LogP contribution in [0.3, 0.4) is 0 Å². The Bertz CT molecular complexity index is 786. The van der Waals surface area contributed by atoms with Gasteiger partial charge in [0.1, 0.15) is 17.4 Å². The smallest absolute Gasteiger partial charge is 0.326 e. The Morgan fingerprint density at radius 2 is 2.00 bits per heavy atom. The van der Waals surface area contributed by atoms with Crippen molar-refractivity contribution in [2.45, 2.75) is 19.4 Å². The second-order valence-electron chi connectivity index (χ2n) is 4.75. The van der Waals surface area contributed by atoms with Crippen LogP contribution in [-0.2, 0) is 4.79 Å². The van der Waals surface area contributed by atoms with Gasteiger partial charge in [-0.05, 0) is 30.7 Å². The first-order valence-corrected chi connectivity index (χ1v) is 7.19. The van der Waals surface area contributed by atoms with Crippen molar-refractivity contribution >= 4 is 23.5 Å². The minimum atomic E-state index is -1.16. The third kappa shape index (κ3) is 3.95. The molecule has 2 aromatic rings. The number of hydrogen-bond acceptors (Lipinski definition) is 4. The third-order valence-corrected chi connectivity index (χ3v) is 3.43. The molecule has 1 aromatic carbocycles. The summed E-state index contributed by atoms with van der Waals surface area (Å²) >= 11 is 5.79. The fourth-order valence-corrected chi connectivity index (χ4v) is 2.01. The van der Waals surface area contributed by atoms with E-state index in [1.807, 2.05) is 0 Å². The summed E-state index contributed by atoms with van der Waals surface area (Å²) in [6.07, 6.45) is 1.32. The number of aromatic nitrogens is 2. The van der Waals surface area contributed by atoms with Crippen LogP contribution in [0.4, 0.5) is 0 Å². The quantitative estimate of drug-likeness (QED) is 0.769. The van der Waals surface area contributed by atoms with Gasteiger partial charge in [-0.1, -0.05) is 18.5 Å². The zero-order valence-corrected chi connectivity index (χ0v) is 12.9. The fraction of sp³-hybridized carbons (Fsp3) is 0.200. The molecule has 2 rings (SSSR count). The number of aromatic amines is 1. The van der Waals surface area contributed by atoms with Gasteiger partial charge in [-0.25, -0.2) is 9.78 Å². The van der Waals surface area contributed by atoms with Gasteiger partial charge in [-0.15, -0.1) is 0 Å². The highest BCUT2D eigenvalue weighted by Crippen LogP contribution is 2.16. The van der Waals surface area contributed by atoms with E-state index in [9.17, 15) is 14.4 Å². The molecular weight excluding hydrogens is 322 g/mol. The molecule has 0 aliphatic carbocycles. The van der Waals surface area contributed by atoms with E-state index in [-0.39, 0.29) is 17.8 Å². The van der Waals surface area contributed by atoms with Gasteiger partial charge in [0.15, 0.2) is 0 Å². The number of nitrogens with one attached hydrogen (secondary N) is 2. The fourth-order valence-electron chi connectivity index (χ4n) is 1.89. The number of nitrogens with zero attached hydrogens (tertiary/aromatic N) is 1. The van der Waals surface area contributed by atoms with Crippen LogP contribution in [0.25, 0.3) is 11.4 Å². The first-order chi connectivity index (χ1) is 10.9. The second-order valence-corrected chi connectivity index (χ2v) is 5.19. The van der Waals surface area contributed by atoms with E-state index in [4.69, 9.17) is 16.7 Å². The number of amides is 1. The Balaban J connectivity index is 2.25. The van der Waals surface area contributed by atoms with Crippen LogP contribution in [-0.4, -0.2) is 33.0 Å². The first kappa shape index (κ1) is 16.7. The molecule has 7 nitrogen and oxygen atoms in total. The highest BCUT2D eigenvalue weighted by molar-refractivity contribution is 6.30. The molecule has 1 heterocycles. The van der Waals surface area contributed by atoms with Crippen LogP contribution < -0.4 is 10.9 Å². The lowest BCUT2D eigenvalue weighted by Crippen LogP contribution is -2.42. The van der Waals surface area contributed by atoms with Gasteiger partial charge in [0, 0.05) is 16.8 Å². The Kier molecular flexibility index (Phi) is 5.13. The average Bonchev–Trinajstić information content (AvgIpc) is 2.52. The van der Waals surface area contributed by atoms with Crippen molar-refractivity contribution in [2.24, 2.45) is 0 Å². The number of carboxylic acid groups (broad SMARTS) is 1. The lowest BCUT2D eigenvalue weighted by Gasteiger charge is -2.11. The second kappa shape index (κ2) is 7.06. The van der Waals surface area contributed by atoms with E-state index < -0.39 is 23.5 Å². The van der Waals surface area contributed by atoms with Crippen LogP contribution in [0, 0.1) is 0 Å². The van der Waals surface area contributed by atoms with Crippen molar-refractivity contribution in [1.29, 1.82) is 0 Å². The Morgan fingerprint density at radius 1 is 1.35 bits per heavy atom. The Labute approximate surface area is 136 Å². The molecule has 3 N–H and O–H groups in total. The molecule has 0 bridgehead atoms.